The zero-order valence-corrected chi connectivity index (χ0v) is 28.2. The molecule has 4 aliphatic rings. The summed E-state index contributed by atoms with van der Waals surface area (Å²) in [5, 5.41) is 56.9. The highest BCUT2D eigenvalue weighted by Crippen LogP contribution is 2.49. The number of carbonyl (C=O) groups excluding carboxylic acids is 3. The van der Waals surface area contributed by atoms with Gasteiger partial charge in [-0.3, -0.25) is 9.59 Å². The Morgan fingerprint density at radius 3 is 2.58 bits per heavy atom. The van der Waals surface area contributed by atoms with E-state index in [0.29, 0.717) is 60.0 Å². The minimum absolute atomic E-state index is 0.00429. The summed E-state index contributed by atoms with van der Waals surface area (Å²) in [4.78, 5) is 39.3. The molecule has 7 unspecified atom stereocenters. The quantitative estimate of drug-likeness (QED) is 0.108. The molecule has 2 saturated carbocycles. The van der Waals surface area contributed by atoms with E-state index in [9.17, 15) is 39.9 Å². The van der Waals surface area contributed by atoms with E-state index in [2.05, 4.69) is 17.2 Å². The van der Waals surface area contributed by atoms with Crippen LogP contribution in [0.4, 0.5) is 5.69 Å². The van der Waals surface area contributed by atoms with Crippen molar-refractivity contribution in [3.63, 3.8) is 0 Å². The van der Waals surface area contributed by atoms with Crippen molar-refractivity contribution >= 4 is 23.4 Å². The number of nitrogens with one attached hydrogen (secondary N) is 1. The number of anilines is 1. The number of fused-ring (bicyclic) bond motifs is 2. The van der Waals surface area contributed by atoms with E-state index in [0.717, 1.165) is 6.42 Å². The normalized spacial score (nSPS) is 29.6. The number of hydrogen-bond donors (Lipinski definition) is 6. The SMILES string of the molecule is CC(O)CNc1cc(CO)cc(C2C#CC3CC(=O)Oc4cc(O)c(cc43)CC(C3(O)CCCC4CC(=O)CCC43)OC(=O)C(=CCO)C2)c1. The second kappa shape index (κ2) is 15.0. The van der Waals surface area contributed by atoms with Gasteiger partial charge in [0.1, 0.15) is 29.0 Å². The van der Waals surface area contributed by atoms with Gasteiger partial charge in [-0.1, -0.05) is 24.3 Å². The van der Waals surface area contributed by atoms with Crippen LogP contribution in [0.25, 0.3) is 0 Å². The van der Waals surface area contributed by atoms with Gasteiger partial charge in [0.2, 0.25) is 0 Å². The van der Waals surface area contributed by atoms with E-state index in [1.807, 2.05) is 6.07 Å². The number of Topliss-reactive ketones (excluding diaryl/α,β-unsaturated/α-hetero) is 1. The summed E-state index contributed by atoms with van der Waals surface area (Å²) in [6.45, 7) is 1.15. The molecule has 2 heterocycles. The second-order valence-electron chi connectivity index (χ2n) is 14.2. The van der Waals surface area contributed by atoms with E-state index in [4.69, 9.17) is 9.47 Å². The van der Waals surface area contributed by atoms with Gasteiger partial charge >= 0.3 is 11.9 Å². The average molecular weight is 688 g/mol. The van der Waals surface area contributed by atoms with Crippen molar-refractivity contribution < 1.29 is 49.4 Å². The van der Waals surface area contributed by atoms with Crippen molar-refractivity contribution in [2.75, 3.05) is 18.5 Å². The first-order valence-corrected chi connectivity index (χ1v) is 17.5. The van der Waals surface area contributed by atoms with Crippen LogP contribution in [0.2, 0.25) is 0 Å². The summed E-state index contributed by atoms with van der Waals surface area (Å²) < 4.78 is 11.8. The van der Waals surface area contributed by atoms with Crippen LogP contribution in [0.5, 0.6) is 11.5 Å². The van der Waals surface area contributed by atoms with E-state index in [1.165, 1.54) is 12.1 Å². The first kappa shape index (κ1) is 35.6. The molecule has 0 spiro atoms. The maximum atomic E-state index is 14.2. The molecule has 0 amide bonds. The Balaban J connectivity index is 1.48. The highest BCUT2D eigenvalue weighted by Gasteiger charge is 2.53. The number of ether oxygens (including phenoxy) is 2. The van der Waals surface area contributed by atoms with Gasteiger partial charge in [0.15, 0.2) is 0 Å². The lowest BCUT2D eigenvalue weighted by atomic mass is 9.60. The van der Waals surface area contributed by atoms with Crippen LogP contribution in [0.15, 0.2) is 42.0 Å². The molecule has 50 heavy (non-hydrogen) atoms. The molecule has 7 atom stereocenters. The van der Waals surface area contributed by atoms with Crippen molar-refractivity contribution in [1.82, 2.24) is 0 Å². The molecule has 2 fully saturated rings. The molecular weight excluding hydrogens is 642 g/mol. The minimum atomic E-state index is -1.49. The monoisotopic (exact) mass is 687 g/mol. The Bertz CT molecular complexity index is 1740. The van der Waals surface area contributed by atoms with Gasteiger partial charge in [-0.25, -0.2) is 4.79 Å². The van der Waals surface area contributed by atoms with Gasteiger partial charge in [-0.05, 0) is 85.4 Å². The Morgan fingerprint density at radius 2 is 1.82 bits per heavy atom. The van der Waals surface area contributed by atoms with Gasteiger partial charge in [0, 0.05) is 54.6 Å². The van der Waals surface area contributed by atoms with Crippen LogP contribution in [0.3, 0.4) is 0 Å². The number of cyclic esters (lactones) is 1. The molecule has 6 N–H and O–H groups in total. The van der Waals surface area contributed by atoms with Crippen LogP contribution in [-0.2, 0) is 32.1 Å². The zero-order valence-electron chi connectivity index (χ0n) is 28.2. The highest BCUT2D eigenvalue weighted by atomic mass is 16.6. The van der Waals surface area contributed by atoms with Gasteiger partial charge in [-0.2, -0.15) is 0 Å². The summed E-state index contributed by atoms with van der Waals surface area (Å²) in [5.41, 5.74) is 1.44. The number of benzene rings is 2. The third-order valence-corrected chi connectivity index (χ3v) is 10.6. The summed E-state index contributed by atoms with van der Waals surface area (Å²) >= 11 is 0. The van der Waals surface area contributed by atoms with E-state index in [-0.39, 0.29) is 67.1 Å². The van der Waals surface area contributed by atoms with Gasteiger partial charge in [0.05, 0.1) is 31.7 Å². The van der Waals surface area contributed by atoms with Crippen LogP contribution < -0.4 is 10.1 Å². The Labute approximate surface area is 291 Å². The first-order chi connectivity index (χ1) is 24.0. The molecule has 0 radical (unpaired) electrons. The van der Waals surface area contributed by atoms with E-state index < -0.39 is 48.2 Å². The second-order valence-corrected chi connectivity index (χ2v) is 14.2. The third-order valence-electron chi connectivity index (χ3n) is 10.6. The standard InChI is InChI=1S/C39H45NO10/c1-22(43)20-40-30-12-23(21-42)11-28(14-30)24-4-5-25-18-37(46)49-35-19-34(45)29(16-32(25)35)17-36(50-38(47)27(13-24)8-10-41)39(48)9-2-3-26-15-31(44)6-7-33(26)39/h8,11-12,14,16,19,22,24-26,33,36,40-43,45,48H,2-3,6-7,9-10,13,15,17-18,20-21H2,1H3. The molecule has 11 nitrogen and oxygen atoms in total. The summed E-state index contributed by atoms with van der Waals surface area (Å²) in [7, 11) is 0. The lowest BCUT2D eigenvalue weighted by Gasteiger charge is -2.50. The summed E-state index contributed by atoms with van der Waals surface area (Å²) in [5.74, 6) is 3.74. The number of phenols is 1. The zero-order chi connectivity index (χ0) is 35.6. The van der Waals surface area contributed by atoms with Crippen LogP contribution in [0, 0.1) is 23.7 Å². The highest BCUT2D eigenvalue weighted by molar-refractivity contribution is 5.89. The first-order valence-electron chi connectivity index (χ1n) is 17.5. The Kier molecular flexibility index (Phi) is 10.6. The van der Waals surface area contributed by atoms with Crippen molar-refractivity contribution in [2.45, 2.75) is 101 Å². The smallest absolute Gasteiger partial charge is 0.334 e. The van der Waals surface area contributed by atoms with E-state index >= 15 is 0 Å². The molecule has 6 rings (SSSR count). The molecule has 0 aromatic heterocycles. The number of aliphatic hydroxyl groups excluding tert-OH is 3. The number of aliphatic hydroxyl groups is 4. The Morgan fingerprint density at radius 1 is 1.02 bits per heavy atom. The number of rotatable bonds is 7. The number of carbonyl (C=O) groups is 3. The lowest BCUT2D eigenvalue weighted by molar-refractivity contribution is -0.187. The summed E-state index contributed by atoms with van der Waals surface area (Å²) in [6, 6.07) is 8.40. The minimum Gasteiger partial charge on any atom is -0.508 e. The van der Waals surface area contributed by atoms with Crippen LogP contribution in [0.1, 0.15) is 92.4 Å². The number of esters is 2. The average Bonchev–Trinajstić information content (AvgIpc) is 3.08. The number of aromatic hydroxyl groups is 1. The van der Waals surface area contributed by atoms with Crippen molar-refractivity contribution in [1.29, 1.82) is 0 Å². The molecule has 2 aromatic carbocycles. The maximum Gasteiger partial charge on any atom is 0.334 e. The predicted octanol–water partition coefficient (Wildman–Crippen LogP) is 3.53. The fourth-order valence-electron chi connectivity index (χ4n) is 8.15. The largest absolute Gasteiger partial charge is 0.508 e. The van der Waals surface area contributed by atoms with E-state index in [1.54, 1.807) is 25.1 Å². The molecule has 0 saturated heterocycles. The third kappa shape index (κ3) is 7.59. The number of phenolic OH excluding ortho intramolecular Hbond substituents is 1. The predicted molar refractivity (Wildman–Crippen MR) is 182 cm³/mol. The molecular formula is C39H45NO10. The molecule has 266 valence electrons. The topological polar surface area (TPSA) is 183 Å². The van der Waals surface area contributed by atoms with Crippen molar-refractivity contribution in [3.8, 4) is 23.3 Å². The fourth-order valence-corrected chi connectivity index (χ4v) is 8.15. The Hall–Kier alpha value is -4.21. The summed E-state index contributed by atoms with van der Waals surface area (Å²) in [6.07, 6.45) is 2.43. The van der Waals surface area contributed by atoms with Crippen molar-refractivity contribution in [3.05, 3.63) is 64.2 Å². The van der Waals surface area contributed by atoms with Crippen molar-refractivity contribution in [2.24, 2.45) is 11.8 Å². The number of hydrogen-bond acceptors (Lipinski definition) is 11. The van der Waals surface area contributed by atoms with Gasteiger partial charge in [0.25, 0.3) is 0 Å². The maximum absolute atomic E-state index is 14.2. The fraction of sp³-hybridized carbons (Fsp3) is 0.513. The van der Waals surface area contributed by atoms with Crippen LogP contribution >= 0.6 is 0 Å². The molecule has 2 aromatic rings. The number of ketones is 1. The molecule has 2 aliphatic heterocycles. The van der Waals surface area contributed by atoms with Gasteiger partial charge in [-0.15, -0.1) is 0 Å². The molecule has 11 heteroatoms. The van der Waals surface area contributed by atoms with Crippen LogP contribution in [-0.4, -0.2) is 74.2 Å². The van der Waals surface area contributed by atoms with Gasteiger partial charge < -0.3 is 40.3 Å². The molecule has 2 aliphatic carbocycles. The lowest BCUT2D eigenvalue weighted by Crippen LogP contribution is -2.57. The molecule has 2 bridgehead atoms.